The number of nitrogens with zero attached hydrogens (tertiary/aromatic N) is 4. The standard InChI is InChI=1S/C69H62N4O.Pt/c1-47(2)59-29-19-20-30-60(59)50-39-55(71-45-65(67(3,4)5)72(46-71)56-38-49(48-23-13-10-14-24-48)37-54(41-56)69(8,9)52-27-17-12-18-28-52)43-58(40-50)74-57-33-34-62-61-31-21-22-32-63(61)73(64(62)44-57)66-42-53(35-36-70-66)68(6,7)51-25-15-11-16-26-51;/h10-42,45,47H,1-9H3;/q-2;. The zero-order chi connectivity index (χ0) is 51.4. The van der Waals surface area contributed by atoms with Gasteiger partial charge in [-0.25, -0.2) is 4.98 Å². The van der Waals surface area contributed by atoms with Crippen LogP contribution in [0.4, 0.5) is 0 Å². The number of pyridine rings is 1. The van der Waals surface area contributed by atoms with Crippen LogP contribution >= 0.6 is 0 Å². The first kappa shape index (κ1) is 50.9. The van der Waals surface area contributed by atoms with Crippen LogP contribution in [0.5, 0.6) is 11.5 Å². The van der Waals surface area contributed by atoms with Gasteiger partial charge in [-0.15, -0.1) is 35.2 Å². The molecule has 0 aliphatic carbocycles. The SMILES string of the molecule is CC(C)c1ccccc1-c1cc(Oc2[c-]c3c(cc2)c2ccccc2n3-c2cc(C(C)(C)c3ccccc3)ccn2)[c-]c(-n2[c-][n+](-c3cc(-c4ccccc4)cc(C(C)(C)c4ccccc4)c3)c(C(C)(C)C)c2)c1.[Pt]. The number of para-hydroxylation sites is 1. The molecule has 0 amide bonds. The summed E-state index contributed by atoms with van der Waals surface area (Å²) in [4.78, 5) is 5.00. The van der Waals surface area contributed by atoms with E-state index in [9.17, 15) is 0 Å². The summed E-state index contributed by atoms with van der Waals surface area (Å²) in [7, 11) is 0. The van der Waals surface area contributed by atoms with Gasteiger partial charge in [0.2, 0.25) is 0 Å². The summed E-state index contributed by atoms with van der Waals surface area (Å²) >= 11 is 0. The Morgan fingerprint density at radius 2 is 1.17 bits per heavy atom. The molecule has 3 heterocycles. The summed E-state index contributed by atoms with van der Waals surface area (Å²) in [6.07, 6.45) is 7.98. The molecule has 11 aromatic rings. The van der Waals surface area contributed by atoms with Crippen molar-refractivity contribution < 1.29 is 30.4 Å². The fourth-order valence-electron chi connectivity index (χ4n) is 10.5. The van der Waals surface area contributed by atoms with Crippen LogP contribution in [0.3, 0.4) is 0 Å². The number of benzene rings is 8. The predicted molar refractivity (Wildman–Crippen MR) is 303 cm³/mol. The zero-order valence-electron chi connectivity index (χ0n) is 44.2. The number of aromatic nitrogens is 4. The van der Waals surface area contributed by atoms with Gasteiger partial charge in [-0.05, 0) is 97.2 Å². The van der Waals surface area contributed by atoms with Crippen molar-refractivity contribution in [1.82, 2.24) is 14.1 Å². The normalized spacial score (nSPS) is 12.1. The third kappa shape index (κ3) is 9.83. The molecular weight excluding hydrogens is 1100 g/mol. The van der Waals surface area contributed by atoms with E-state index in [4.69, 9.17) is 9.72 Å². The second kappa shape index (κ2) is 20.3. The molecule has 5 nitrogen and oxygen atoms in total. The quantitative estimate of drug-likeness (QED) is 0.0903. The fraction of sp³-hybridized carbons (Fsp3) is 0.188. The maximum atomic E-state index is 7.00. The molecule has 0 atom stereocenters. The molecule has 0 fully saturated rings. The minimum Gasteiger partial charge on any atom is -0.510 e. The maximum Gasteiger partial charge on any atom is 0.267 e. The van der Waals surface area contributed by atoms with Crippen LogP contribution in [0.25, 0.3) is 61.3 Å². The average molecular weight is 1160 g/mol. The Balaban J connectivity index is 0.00000641. The molecule has 75 heavy (non-hydrogen) atoms. The Bertz CT molecular complexity index is 3820. The summed E-state index contributed by atoms with van der Waals surface area (Å²) in [5.74, 6) is 2.27. The first-order valence-electron chi connectivity index (χ1n) is 25.8. The largest absolute Gasteiger partial charge is 0.510 e. The van der Waals surface area contributed by atoms with Gasteiger partial charge in [0, 0.05) is 61.3 Å². The number of imidazole rings is 1. The zero-order valence-corrected chi connectivity index (χ0v) is 46.5. The van der Waals surface area contributed by atoms with Crippen LogP contribution in [0, 0.1) is 18.5 Å². The molecule has 0 unspecified atom stereocenters. The Morgan fingerprint density at radius 3 is 1.87 bits per heavy atom. The van der Waals surface area contributed by atoms with E-state index in [-0.39, 0.29) is 37.3 Å². The Morgan fingerprint density at radius 1 is 0.533 bits per heavy atom. The molecule has 376 valence electrons. The molecule has 6 heteroatoms. The molecule has 0 N–H and O–H groups in total. The van der Waals surface area contributed by atoms with Gasteiger partial charge in [-0.3, -0.25) is 4.57 Å². The molecule has 0 saturated carbocycles. The van der Waals surface area contributed by atoms with Crippen LogP contribution in [0.1, 0.15) is 102 Å². The van der Waals surface area contributed by atoms with E-state index in [2.05, 4.69) is 289 Å². The van der Waals surface area contributed by atoms with E-state index in [0.29, 0.717) is 17.4 Å². The molecule has 0 aliphatic heterocycles. The second-order valence-corrected chi connectivity index (χ2v) is 22.0. The Hall–Kier alpha value is -7.59. The molecule has 0 spiro atoms. The van der Waals surface area contributed by atoms with E-state index >= 15 is 0 Å². The Labute approximate surface area is 457 Å². The Kier molecular flexibility index (Phi) is 13.8. The molecule has 0 bridgehead atoms. The summed E-state index contributed by atoms with van der Waals surface area (Å²) in [5.41, 5.74) is 14.7. The summed E-state index contributed by atoms with van der Waals surface area (Å²) in [6, 6.07) is 76.6. The molecule has 0 radical (unpaired) electrons. The van der Waals surface area contributed by atoms with Crippen LogP contribution in [-0.4, -0.2) is 14.1 Å². The summed E-state index contributed by atoms with van der Waals surface area (Å²) < 4.78 is 13.5. The van der Waals surface area contributed by atoms with Crippen molar-refractivity contribution in [3.05, 3.63) is 258 Å². The third-order valence-corrected chi connectivity index (χ3v) is 14.9. The van der Waals surface area contributed by atoms with Crippen molar-refractivity contribution in [1.29, 1.82) is 0 Å². The molecule has 8 aromatic carbocycles. The average Bonchev–Trinajstić information content (AvgIpc) is 4.04. The number of fused-ring (bicyclic) bond motifs is 3. The van der Waals surface area contributed by atoms with Crippen LogP contribution in [-0.2, 0) is 37.3 Å². The van der Waals surface area contributed by atoms with Crippen molar-refractivity contribution >= 4 is 21.8 Å². The van der Waals surface area contributed by atoms with Gasteiger partial charge in [-0.1, -0.05) is 207 Å². The van der Waals surface area contributed by atoms with Gasteiger partial charge >= 0.3 is 0 Å². The predicted octanol–water partition coefficient (Wildman–Crippen LogP) is 16.8. The van der Waals surface area contributed by atoms with E-state index in [1.807, 2.05) is 12.3 Å². The minimum atomic E-state index is -0.280. The monoisotopic (exact) mass is 1160 g/mol. The number of hydrogen-bond acceptors (Lipinski definition) is 2. The van der Waals surface area contributed by atoms with Gasteiger partial charge in [0.05, 0.1) is 11.4 Å². The smallest absolute Gasteiger partial charge is 0.267 e. The summed E-state index contributed by atoms with van der Waals surface area (Å²) in [6.45, 7) is 20.5. The number of rotatable bonds is 12. The second-order valence-electron chi connectivity index (χ2n) is 22.0. The van der Waals surface area contributed by atoms with Gasteiger partial charge < -0.3 is 13.9 Å². The fourth-order valence-corrected chi connectivity index (χ4v) is 10.5. The third-order valence-electron chi connectivity index (χ3n) is 14.9. The molecule has 11 rings (SSSR count). The molecule has 0 saturated heterocycles. The number of ether oxygens (including phenoxy) is 1. The van der Waals surface area contributed by atoms with Gasteiger partial charge in [0.25, 0.3) is 6.33 Å². The van der Waals surface area contributed by atoms with Crippen LogP contribution in [0.2, 0.25) is 0 Å². The van der Waals surface area contributed by atoms with Gasteiger partial charge in [0.15, 0.2) is 0 Å². The van der Waals surface area contributed by atoms with Crippen molar-refractivity contribution in [2.45, 2.75) is 84.5 Å². The van der Waals surface area contributed by atoms with Crippen molar-refractivity contribution in [3.63, 3.8) is 0 Å². The summed E-state index contributed by atoms with van der Waals surface area (Å²) in [5, 5.41) is 2.19. The van der Waals surface area contributed by atoms with E-state index < -0.39 is 0 Å². The first-order chi connectivity index (χ1) is 35.6. The van der Waals surface area contributed by atoms with Crippen LogP contribution < -0.4 is 9.30 Å². The number of hydrogen-bond donors (Lipinski definition) is 0. The first-order valence-corrected chi connectivity index (χ1v) is 25.8. The molecular formula is C69H62N4OPt-2. The minimum absolute atomic E-state index is 0. The van der Waals surface area contributed by atoms with Gasteiger partial charge in [0.1, 0.15) is 5.82 Å². The van der Waals surface area contributed by atoms with Crippen molar-refractivity contribution in [2.24, 2.45) is 0 Å². The molecule has 0 aliphatic rings. The maximum absolute atomic E-state index is 7.00. The van der Waals surface area contributed by atoms with Gasteiger partial charge in [-0.2, -0.15) is 12.1 Å². The van der Waals surface area contributed by atoms with Crippen molar-refractivity contribution in [3.8, 4) is 50.9 Å². The van der Waals surface area contributed by atoms with E-state index in [1.54, 1.807) is 0 Å². The molecule has 3 aromatic heterocycles. The van der Waals surface area contributed by atoms with E-state index in [1.165, 1.54) is 27.8 Å². The van der Waals surface area contributed by atoms with Crippen LogP contribution in [0.15, 0.2) is 207 Å². The topological polar surface area (TPSA) is 35.9 Å². The van der Waals surface area contributed by atoms with Crippen molar-refractivity contribution in [2.75, 3.05) is 0 Å². The van der Waals surface area contributed by atoms with E-state index in [0.717, 1.165) is 66.9 Å².